The van der Waals surface area contributed by atoms with Gasteiger partial charge < -0.3 is 10.1 Å². The normalized spacial score (nSPS) is 13.8. The highest BCUT2D eigenvalue weighted by atomic mass is 16.6. The van der Waals surface area contributed by atoms with Gasteiger partial charge >= 0.3 is 5.97 Å². The van der Waals surface area contributed by atoms with Crippen molar-refractivity contribution in [2.45, 2.75) is 46.6 Å². The number of ether oxygens (including phenoxy) is 1. The molecule has 0 amide bonds. The van der Waals surface area contributed by atoms with E-state index in [0.717, 1.165) is 13.0 Å². The third-order valence-electron chi connectivity index (χ3n) is 1.88. The largest absolute Gasteiger partial charge is 0.459 e. The first-order valence-electron chi connectivity index (χ1n) is 5.27. The molecule has 0 aromatic rings. The summed E-state index contributed by atoms with van der Waals surface area (Å²) < 4.78 is 5.15. The highest BCUT2D eigenvalue weighted by molar-refractivity contribution is 5.72. The monoisotopic (exact) mass is 201 g/mol. The number of carbonyl (C=O) groups is 1. The fourth-order valence-electron chi connectivity index (χ4n) is 0.943. The van der Waals surface area contributed by atoms with Gasteiger partial charge in [-0.2, -0.15) is 0 Å². The summed E-state index contributed by atoms with van der Waals surface area (Å²) in [4.78, 5) is 11.2. The van der Waals surface area contributed by atoms with Crippen molar-refractivity contribution in [3.05, 3.63) is 0 Å². The highest BCUT2D eigenvalue weighted by Crippen LogP contribution is 2.06. The first-order valence-corrected chi connectivity index (χ1v) is 5.27. The molecule has 0 radical (unpaired) electrons. The van der Waals surface area contributed by atoms with Crippen molar-refractivity contribution < 1.29 is 9.53 Å². The zero-order valence-corrected chi connectivity index (χ0v) is 10.0. The molecule has 0 fully saturated rings. The minimum Gasteiger partial charge on any atom is -0.459 e. The first-order chi connectivity index (χ1) is 6.35. The Kier molecular flexibility index (Phi) is 5.77. The van der Waals surface area contributed by atoms with Crippen LogP contribution in [0.2, 0.25) is 0 Å². The molecule has 0 bridgehead atoms. The topological polar surface area (TPSA) is 38.3 Å². The van der Waals surface area contributed by atoms with E-state index in [0.29, 0.717) is 12.5 Å². The molecule has 0 aromatic heterocycles. The van der Waals surface area contributed by atoms with Crippen molar-refractivity contribution in [2.24, 2.45) is 5.92 Å². The summed E-state index contributed by atoms with van der Waals surface area (Å²) in [5, 5.41) is 3.08. The molecule has 0 saturated carbocycles. The van der Waals surface area contributed by atoms with Crippen LogP contribution < -0.4 is 5.32 Å². The summed E-state index contributed by atoms with van der Waals surface area (Å²) in [7, 11) is 0. The third-order valence-corrected chi connectivity index (χ3v) is 1.88. The molecule has 0 aliphatic heterocycles. The van der Waals surface area contributed by atoms with Crippen molar-refractivity contribution in [3.8, 4) is 0 Å². The van der Waals surface area contributed by atoms with Gasteiger partial charge in [-0.15, -0.1) is 0 Å². The van der Waals surface area contributed by atoms with Gasteiger partial charge in [0.05, 0.1) is 6.54 Å². The molecule has 0 aliphatic rings. The van der Waals surface area contributed by atoms with Crippen LogP contribution in [-0.4, -0.2) is 24.7 Å². The van der Waals surface area contributed by atoms with E-state index >= 15 is 0 Å². The van der Waals surface area contributed by atoms with Gasteiger partial charge in [-0.05, 0) is 33.2 Å². The summed E-state index contributed by atoms with van der Waals surface area (Å²) in [6.45, 7) is 11.1. The van der Waals surface area contributed by atoms with Gasteiger partial charge in [0.25, 0.3) is 0 Å². The Balaban J connectivity index is 3.55. The van der Waals surface area contributed by atoms with Crippen LogP contribution in [-0.2, 0) is 9.53 Å². The maximum Gasteiger partial charge on any atom is 0.320 e. The molecule has 3 nitrogen and oxygen atoms in total. The molecular formula is C11H23NO2. The van der Waals surface area contributed by atoms with E-state index in [9.17, 15) is 4.79 Å². The smallest absolute Gasteiger partial charge is 0.320 e. The predicted octanol–water partition coefficient (Wildman–Crippen LogP) is 1.96. The van der Waals surface area contributed by atoms with E-state index in [2.05, 4.69) is 19.2 Å². The second kappa shape index (κ2) is 6.02. The minimum absolute atomic E-state index is 0.180. The van der Waals surface area contributed by atoms with E-state index in [1.54, 1.807) is 0 Å². The fourth-order valence-corrected chi connectivity index (χ4v) is 0.943. The highest BCUT2D eigenvalue weighted by Gasteiger charge is 2.15. The number of hydrogen-bond acceptors (Lipinski definition) is 3. The molecule has 1 atom stereocenters. The lowest BCUT2D eigenvalue weighted by molar-refractivity contribution is -0.153. The molecule has 0 spiro atoms. The molecule has 1 unspecified atom stereocenters. The molecule has 1 N–H and O–H groups in total. The summed E-state index contributed by atoms with van der Waals surface area (Å²) in [6, 6.07) is 0. The van der Waals surface area contributed by atoms with Gasteiger partial charge in [0, 0.05) is 0 Å². The molecule has 3 heteroatoms. The number of nitrogens with one attached hydrogen (secondary N) is 1. The van der Waals surface area contributed by atoms with Gasteiger partial charge in [0.1, 0.15) is 5.60 Å². The second-order valence-electron chi connectivity index (χ2n) is 4.73. The second-order valence-corrected chi connectivity index (χ2v) is 4.73. The number of hydrogen-bond donors (Lipinski definition) is 1. The number of rotatable bonds is 5. The Morgan fingerprint density at radius 1 is 1.43 bits per heavy atom. The van der Waals surface area contributed by atoms with Gasteiger partial charge in [0.2, 0.25) is 0 Å². The summed E-state index contributed by atoms with van der Waals surface area (Å²) in [5.41, 5.74) is -0.380. The van der Waals surface area contributed by atoms with E-state index in [1.807, 2.05) is 20.8 Å². The first kappa shape index (κ1) is 13.4. The van der Waals surface area contributed by atoms with Crippen molar-refractivity contribution in [2.75, 3.05) is 13.1 Å². The molecule has 0 aliphatic carbocycles. The van der Waals surface area contributed by atoms with Gasteiger partial charge in [0.15, 0.2) is 0 Å². The van der Waals surface area contributed by atoms with Crippen LogP contribution in [0.25, 0.3) is 0 Å². The van der Waals surface area contributed by atoms with E-state index in [4.69, 9.17) is 4.74 Å². The van der Waals surface area contributed by atoms with Crippen LogP contribution in [0.3, 0.4) is 0 Å². The third kappa shape index (κ3) is 8.05. The Morgan fingerprint density at radius 2 is 2.00 bits per heavy atom. The lowest BCUT2D eigenvalue weighted by Gasteiger charge is -2.19. The summed E-state index contributed by atoms with van der Waals surface area (Å²) in [6.07, 6.45) is 1.13. The zero-order chi connectivity index (χ0) is 11.2. The average molecular weight is 201 g/mol. The molecular weight excluding hydrogens is 178 g/mol. The van der Waals surface area contributed by atoms with Crippen molar-refractivity contribution in [1.82, 2.24) is 5.32 Å². The Hall–Kier alpha value is -0.570. The van der Waals surface area contributed by atoms with Crippen LogP contribution in [0.1, 0.15) is 41.0 Å². The standard InChI is InChI=1S/C11H23NO2/c1-6-9(2)7-12-8-10(13)14-11(3,4)5/h9,12H,6-8H2,1-5H3. The summed E-state index contributed by atoms with van der Waals surface area (Å²) in [5.74, 6) is 0.429. The predicted molar refractivity (Wildman–Crippen MR) is 58.2 cm³/mol. The Bertz CT molecular complexity index is 173. The Labute approximate surface area is 87.2 Å². The number of esters is 1. The van der Waals surface area contributed by atoms with E-state index in [1.165, 1.54) is 0 Å². The Morgan fingerprint density at radius 3 is 2.43 bits per heavy atom. The zero-order valence-electron chi connectivity index (χ0n) is 10.0. The van der Waals surface area contributed by atoms with Crippen LogP contribution in [0.15, 0.2) is 0 Å². The maximum absolute atomic E-state index is 11.2. The van der Waals surface area contributed by atoms with Crippen molar-refractivity contribution >= 4 is 5.97 Å². The van der Waals surface area contributed by atoms with Gasteiger partial charge in [-0.1, -0.05) is 20.3 Å². The van der Waals surface area contributed by atoms with Crippen LogP contribution in [0.5, 0.6) is 0 Å². The fraction of sp³-hybridized carbons (Fsp3) is 0.909. The van der Waals surface area contributed by atoms with E-state index < -0.39 is 0 Å². The molecule has 84 valence electrons. The van der Waals surface area contributed by atoms with E-state index in [-0.39, 0.29) is 11.6 Å². The maximum atomic E-state index is 11.2. The minimum atomic E-state index is -0.380. The van der Waals surface area contributed by atoms with Crippen molar-refractivity contribution in [3.63, 3.8) is 0 Å². The number of carbonyl (C=O) groups excluding carboxylic acids is 1. The van der Waals surface area contributed by atoms with Crippen LogP contribution in [0, 0.1) is 5.92 Å². The van der Waals surface area contributed by atoms with Gasteiger partial charge in [-0.3, -0.25) is 4.79 Å². The van der Waals surface area contributed by atoms with Crippen LogP contribution in [0.4, 0.5) is 0 Å². The molecule has 0 aromatic carbocycles. The molecule has 0 saturated heterocycles. The molecule has 0 rings (SSSR count). The average Bonchev–Trinajstić information content (AvgIpc) is 2.00. The summed E-state index contributed by atoms with van der Waals surface area (Å²) >= 11 is 0. The van der Waals surface area contributed by atoms with Crippen LogP contribution >= 0.6 is 0 Å². The lowest BCUT2D eigenvalue weighted by Crippen LogP contribution is -2.33. The molecule has 0 heterocycles. The SMILES string of the molecule is CCC(C)CNCC(=O)OC(C)(C)C. The lowest BCUT2D eigenvalue weighted by atomic mass is 10.1. The molecule has 14 heavy (non-hydrogen) atoms. The van der Waals surface area contributed by atoms with Crippen molar-refractivity contribution in [1.29, 1.82) is 0 Å². The van der Waals surface area contributed by atoms with Gasteiger partial charge in [-0.25, -0.2) is 0 Å². The quantitative estimate of drug-likeness (QED) is 0.691.